The number of hydrogen-bond donors (Lipinski definition) is 1. The molecule has 1 aliphatic heterocycles. The number of aromatic nitrogens is 1. The molecule has 1 atom stereocenters. The van der Waals surface area contributed by atoms with Gasteiger partial charge in [0, 0.05) is 12.7 Å². The molecule has 0 radical (unpaired) electrons. The number of aliphatic hydroxyl groups excluding tert-OH is 1. The molecule has 1 aliphatic rings. The maximum atomic E-state index is 9.19. The fraction of sp³-hybridized carbons (Fsp3) is 0.455. The van der Waals surface area contributed by atoms with E-state index in [4.69, 9.17) is 5.26 Å². The third-order valence-electron chi connectivity index (χ3n) is 2.76. The van der Waals surface area contributed by atoms with Crippen LogP contribution in [0.1, 0.15) is 18.4 Å². The normalized spacial score (nSPS) is 20.3. The molecule has 4 nitrogen and oxygen atoms in total. The maximum absolute atomic E-state index is 9.19. The van der Waals surface area contributed by atoms with Crippen LogP contribution in [-0.4, -0.2) is 29.3 Å². The van der Waals surface area contributed by atoms with E-state index in [9.17, 15) is 5.11 Å². The Morgan fingerprint density at radius 1 is 1.67 bits per heavy atom. The molecule has 0 spiro atoms. The van der Waals surface area contributed by atoms with Crippen LogP contribution in [0.4, 0.5) is 5.82 Å². The van der Waals surface area contributed by atoms with Gasteiger partial charge in [-0.2, -0.15) is 5.26 Å². The predicted octanol–water partition coefficient (Wildman–Crippen LogP) is 0.914. The van der Waals surface area contributed by atoms with Crippen molar-refractivity contribution in [3.8, 4) is 6.07 Å². The third-order valence-corrected chi connectivity index (χ3v) is 2.76. The first-order valence-corrected chi connectivity index (χ1v) is 5.09. The Morgan fingerprint density at radius 2 is 2.53 bits per heavy atom. The molecule has 1 fully saturated rings. The SMILES string of the molecule is N#Cc1ccnc(N2CCC[C@H]2CO)c1. The van der Waals surface area contributed by atoms with Crippen LogP contribution >= 0.6 is 0 Å². The van der Waals surface area contributed by atoms with Crippen molar-refractivity contribution in [2.45, 2.75) is 18.9 Å². The van der Waals surface area contributed by atoms with Gasteiger partial charge in [0.25, 0.3) is 0 Å². The van der Waals surface area contributed by atoms with Gasteiger partial charge in [0.05, 0.1) is 24.3 Å². The lowest BCUT2D eigenvalue weighted by molar-refractivity contribution is 0.266. The summed E-state index contributed by atoms with van der Waals surface area (Å²) in [6.45, 7) is 1.06. The zero-order valence-electron chi connectivity index (χ0n) is 8.43. The van der Waals surface area contributed by atoms with Gasteiger partial charge >= 0.3 is 0 Å². The van der Waals surface area contributed by atoms with Gasteiger partial charge in [-0.25, -0.2) is 4.98 Å². The van der Waals surface area contributed by atoms with Crippen molar-refractivity contribution in [1.82, 2.24) is 4.98 Å². The van der Waals surface area contributed by atoms with E-state index in [1.807, 2.05) is 0 Å². The minimum Gasteiger partial charge on any atom is -0.394 e. The van der Waals surface area contributed by atoms with Crippen molar-refractivity contribution in [3.05, 3.63) is 23.9 Å². The van der Waals surface area contributed by atoms with Gasteiger partial charge in [-0.15, -0.1) is 0 Å². The highest BCUT2D eigenvalue weighted by Crippen LogP contribution is 2.23. The highest BCUT2D eigenvalue weighted by molar-refractivity contribution is 5.46. The molecular formula is C11H13N3O. The third kappa shape index (κ3) is 1.92. The smallest absolute Gasteiger partial charge is 0.130 e. The summed E-state index contributed by atoms with van der Waals surface area (Å²) in [5.41, 5.74) is 0.614. The summed E-state index contributed by atoms with van der Waals surface area (Å²) in [4.78, 5) is 6.30. The Labute approximate surface area is 88.8 Å². The standard InChI is InChI=1S/C11H13N3O/c12-7-9-3-4-13-11(6-9)14-5-1-2-10(14)8-15/h3-4,6,10,15H,1-2,5,8H2/t10-/m0/s1. The van der Waals surface area contributed by atoms with Crippen LogP contribution in [0.5, 0.6) is 0 Å². The Morgan fingerprint density at radius 3 is 3.27 bits per heavy atom. The molecule has 1 saturated heterocycles. The van der Waals surface area contributed by atoms with Crippen molar-refractivity contribution < 1.29 is 5.11 Å². The number of nitrogens with zero attached hydrogens (tertiary/aromatic N) is 3. The fourth-order valence-corrected chi connectivity index (χ4v) is 1.97. The van der Waals surface area contributed by atoms with E-state index in [-0.39, 0.29) is 12.6 Å². The van der Waals surface area contributed by atoms with Crippen molar-refractivity contribution >= 4 is 5.82 Å². The molecule has 1 aromatic rings. The molecule has 0 bridgehead atoms. The molecule has 0 unspecified atom stereocenters. The van der Waals surface area contributed by atoms with Gasteiger partial charge in [0.2, 0.25) is 0 Å². The molecule has 15 heavy (non-hydrogen) atoms. The van der Waals surface area contributed by atoms with Crippen LogP contribution < -0.4 is 4.90 Å². The number of hydrogen-bond acceptors (Lipinski definition) is 4. The van der Waals surface area contributed by atoms with Gasteiger partial charge in [-0.05, 0) is 25.0 Å². The molecular weight excluding hydrogens is 190 g/mol. The molecule has 4 heteroatoms. The largest absolute Gasteiger partial charge is 0.394 e. The zero-order valence-corrected chi connectivity index (χ0v) is 8.43. The average Bonchev–Trinajstić information content (AvgIpc) is 2.77. The highest BCUT2D eigenvalue weighted by Gasteiger charge is 2.24. The van der Waals surface area contributed by atoms with E-state index < -0.39 is 0 Å². The van der Waals surface area contributed by atoms with Gasteiger partial charge in [-0.1, -0.05) is 0 Å². The lowest BCUT2D eigenvalue weighted by Crippen LogP contribution is -2.32. The second-order valence-corrected chi connectivity index (χ2v) is 3.69. The summed E-state index contributed by atoms with van der Waals surface area (Å²) in [6, 6.07) is 5.71. The second kappa shape index (κ2) is 4.28. The highest BCUT2D eigenvalue weighted by atomic mass is 16.3. The lowest BCUT2D eigenvalue weighted by Gasteiger charge is -2.23. The Bertz CT molecular complexity index is 386. The number of aliphatic hydroxyl groups is 1. The Balaban J connectivity index is 2.25. The minimum atomic E-state index is 0.151. The van der Waals surface area contributed by atoms with E-state index in [2.05, 4.69) is 16.0 Å². The topological polar surface area (TPSA) is 60.2 Å². The quantitative estimate of drug-likeness (QED) is 0.776. The molecule has 1 aromatic heterocycles. The van der Waals surface area contributed by atoms with Crippen LogP contribution in [0.2, 0.25) is 0 Å². The molecule has 0 aliphatic carbocycles. The minimum absolute atomic E-state index is 0.151. The van der Waals surface area contributed by atoms with Gasteiger partial charge in [0.15, 0.2) is 0 Å². The number of nitriles is 1. The first-order valence-electron chi connectivity index (χ1n) is 5.09. The van der Waals surface area contributed by atoms with Crippen molar-refractivity contribution in [2.75, 3.05) is 18.1 Å². The summed E-state index contributed by atoms with van der Waals surface area (Å²) in [5.74, 6) is 0.797. The fourth-order valence-electron chi connectivity index (χ4n) is 1.97. The number of anilines is 1. The van der Waals surface area contributed by atoms with E-state index >= 15 is 0 Å². The first-order chi connectivity index (χ1) is 7.35. The monoisotopic (exact) mass is 203 g/mol. The summed E-state index contributed by atoms with van der Waals surface area (Å²) >= 11 is 0. The Hall–Kier alpha value is -1.60. The van der Waals surface area contributed by atoms with Crippen molar-refractivity contribution in [1.29, 1.82) is 5.26 Å². The van der Waals surface area contributed by atoms with Crippen LogP contribution in [0.3, 0.4) is 0 Å². The van der Waals surface area contributed by atoms with Crippen LogP contribution in [0.15, 0.2) is 18.3 Å². The van der Waals surface area contributed by atoms with E-state index in [1.54, 1.807) is 18.3 Å². The van der Waals surface area contributed by atoms with Crippen LogP contribution in [0.25, 0.3) is 0 Å². The molecule has 78 valence electrons. The van der Waals surface area contributed by atoms with Gasteiger partial charge < -0.3 is 10.0 Å². The van der Waals surface area contributed by atoms with Crippen LogP contribution in [-0.2, 0) is 0 Å². The number of rotatable bonds is 2. The van der Waals surface area contributed by atoms with Gasteiger partial charge in [-0.3, -0.25) is 0 Å². The lowest BCUT2D eigenvalue weighted by atomic mass is 10.2. The van der Waals surface area contributed by atoms with Gasteiger partial charge in [0.1, 0.15) is 5.82 Å². The molecule has 0 aromatic carbocycles. The van der Waals surface area contributed by atoms with Crippen LogP contribution in [0, 0.1) is 11.3 Å². The maximum Gasteiger partial charge on any atom is 0.130 e. The summed E-state index contributed by atoms with van der Waals surface area (Å²) in [5, 5.41) is 18.0. The van der Waals surface area contributed by atoms with Crippen molar-refractivity contribution in [3.63, 3.8) is 0 Å². The Kier molecular flexibility index (Phi) is 2.84. The van der Waals surface area contributed by atoms with E-state index in [0.29, 0.717) is 5.56 Å². The number of pyridine rings is 1. The average molecular weight is 203 g/mol. The molecule has 2 heterocycles. The summed E-state index contributed by atoms with van der Waals surface area (Å²) in [7, 11) is 0. The van der Waals surface area contributed by atoms with Crippen molar-refractivity contribution in [2.24, 2.45) is 0 Å². The summed E-state index contributed by atoms with van der Waals surface area (Å²) < 4.78 is 0. The van der Waals surface area contributed by atoms with E-state index in [0.717, 1.165) is 25.2 Å². The van der Waals surface area contributed by atoms with E-state index in [1.165, 1.54) is 0 Å². The first kappa shape index (κ1) is 9.94. The predicted molar refractivity (Wildman–Crippen MR) is 56.4 cm³/mol. The molecule has 0 saturated carbocycles. The molecule has 1 N–H and O–H groups in total. The molecule has 0 amide bonds. The molecule has 2 rings (SSSR count). The zero-order chi connectivity index (χ0) is 10.7. The second-order valence-electron chi connectivity index (χ2n) is 3.69. The summed E-state index contributed by atoms with van der Waals surface area (Å²) in [6.07, 6.45) is 3.71.